The van der Waals surface area contributed by atoms with Crippen molar-refractivity contribution in [3.8, 4) is 5.75 Å². The lowest BCUT2D eigenvalue weighted by molar-refractivity contribution is -0.122. The maximum Gasteiger partial charge on any atom is 0.338 e. The van der Waals surface area contributed by atoms with Crippen molar-refractivity contribution in [1.29, 1.82) is 0 Å². The highest BCUT2D eigenvalue weighted by atomic mass is 16.5. The second kappa shape index (κ2) is 8.55. The molecule has 7 nitrogen and oxygen atoms in total. The molecule has 0 bridgehead atoms. The SMILES string of the molecule is COc1cccc(C(=O)COC(=O)c2cccc(N3C(=O)[C@H]4CC=CC[C@@H]4C3=O)c2)c1. The second-order valence-electron chi connectivity index (χ2n) is 7.45. The summed E-state index contributed by atoms with van der Waals surface area (Å²) in [6.07, 6.45) is 4.92. The number of anilines is 1. The number of rotatable bonds is 6. The van der Waals surface area contributed by atoms with Gasteiger partial charge in [0.05, 0.1) is 30.2 Å². The summed E-state index contributed by atoms with van der Waals surface area (Å²) < 4.78 is 10.2. The molecule has 0 aromatic heterocycles. The van der Waals surface area contributed by atoms with Gasteiger partial charge in [0.15, 0.2) is 12.4 Å². The number of fused-ring (bicyclic) bond motifs is 1. The van der Waals surface area contributed by atoms with E-state index < -0.39 is 12.6 Å². The number of imide groups is 1. The van der Waals surface area contributed by atoms with Crippen molar-refractivity contribution in [2.75, 3.05) is 18.6 Å². The number of amides is 2. The molecule has 2 atom stereocenters. The highest BCUT2D eigenvalue weighted by Crippen LogP contribution is 2.37. The van der Waals surface area contributed by atoms with Gasteiger partial charge in [-0.2, -0.15) is 0 Å². The Balaban J connectivity index is 1.45. The normalized spacial score (nSPS) is 19.8. The number of benzene rings is 2. The number of hydrogen-bond donors (Lipinski definition) is 0. The molecule has 2 aliphatic rings. The summed E-state index contributed by atoms with van der Waals surface area (Å²) in [5, 5.41) is 0. The van der Waals surface area contributed by atoms with Crippen LogP contribution < -0.4 is 9.64 Å². The topological polar surface area (TPSA) is 90.0 Å². The fraction of sp³-hybridized carbons (Fsp3) is 0.250. The molecule has 1 aliphatic carbocycles. The molecule has 1 saturated heterocycles. The maximum atomic E-state index is 12.8. The van der Waals surface area contributed by atoms with E-state index in [0.29, 0.717) is 29.8 Å². The largest absolute Gasteiger partial charge is 0.497 e. The number of methoxy groups -OCH3 is 1. The van der Waals surface area contributed by atoms with Gasteiger partial charge in [0.1, 0.15) is 5.75 Å². The van der Waals surface area contributed by atoms with E-state index in [1.54, 1.807) is 36.4 Å². The molecule has 2 aromatic rings. The van der Waals surface area contributed by atoms with Gasteiger partial charge in [-0.1, -0.05) is 30.4 Å². The van der Waals surface area contributed by atoms with Crippen LogP contribution in [0.2, 0.25) is 0 Å². The summed E-state index contributed by atoms with van der Waals surface area (Å²) >= 11 is 0. The van der Waals surface area contributed by atoms with Gasteiger partial charge >= 0.3 is 5.97 Å². The summed E-state index contributed by atoms with van der Waals surface area (Å²) in [7, 11) is 1.50. The molecule has 0 radical (unpaired) electrons. The molecular formula is C24H21NO6. The molecule has 31 heavy (non-hydrogen) atoms. The number of carbonyl (C=O) groups excluding carboxylic acids is 4. The predicted molar refractivity (Wildman–Crippen MR) is 112 cm³/mol. The van der Waals surface area contributed by atoms with E-state index >= 15 is 0 Å². The summed E-state index contributed by atoms with van der Waals surface area (Å²) in [6.45, 7) is -0.437. The zero-order valence-electron chi connectivity index (χ0n) is 16.9. The van der Waals surface area contributed by atoms with Crippen molar-refractivity contribution in [2.45, 2.75) is 12.8 Å². The summed E-state index contributed by atoms with van der Waals surface area (Å²) in [4.78, 5) is 51.5. The van der Waals surface area contributed by atoms with Gasteiger partial charge in [-0.3, -0.25) is 19.3 Å². The molecule has 1 fully saturated rings. The number of nitrogens with zero attached hydrogens (tertiary/aromatic N) is 1. The van der Waals surface area contributed by atoms with Crippen LogP contribution in [0.5, 0.6) is 5.75 Å². The van der Waals surface area contributed by atoms with E-state index in [1.165, 1.54) is 19.2 Å². The van der Waals surface area contributed by atoms with Gasteiger partial charge in [0.2, 0.25) is 11.8 Å². The fourth-order valence-corrected chi connectivity index (χ4v) is 3.92. The Morgan fingerprint density at radius 2 is 1.58 bits per heavy atom. The van der Waals surface area contributed by atoms with Crippen LogP contribution in [0, 0.1) is 11.8 Å². The Hall–Kier alpha value is -3.74. The number of allylic oxidation sites excluding steroid dienone is 2. The van der Waals surface area contributed by atoms with Gasteiger partial charge in [-0.25, -0.2) is 4.79 Å². The van der Waals surface area contributed by atoms with Crippen LogP contribution in [-0.4, -0.2) is 37.3 Å². The Bertz CT molecular complexity index is 1060. The Kier molecular flexibility index (Phi) is 5.66. The summed E-state index contributed by atoms with van der Waals surface area (Å²) in [5.41, 5.74) is 0.855. The quantitative estimate of drug-likeness (QED) is 0.309. The molecule has 7 heteroatoms. The average molecular weight is 419 g/mol. The molecule has 2 aromatic carbocycles. The van der Waals surface area contributed by atoms with E-state index in [9.17, 15) is 19.2 Å². The van der Waals surface area contributed by atoms with Crippen molar-refractivity contribution >= 4 is 29.3 Å². The first-order chi connectivity index (χ1) is 15.0. The van der Waals surface area contributed by atoms with E-state index in [1.807, 2.05) is 12.2 Å². The molecule has 2 amide bonds. The highest BCUT2D eigenvalue weighted by molar-refractivity contribution is 6.22. The van der Waals surface area contributed by atoms with Crippen molar-refractivity contribution in [1.82, 2.24) is 0 Å². The van der Waals surface area contributed by atoms with Gasteiger partial charge in [-0.15, -0.1) is 0 Å². The number of carbonyl (C=O) groups is 4. The fourth-order valence-electron chi connectivity index (χ4n) is 3.92. The predicted octanol–water partition coefficient (Wildman–Crippen LogP) is 3.19. The van der Waals surface area contributed by atoms with E-state index in [4.69, 9.17) is 9.47 Å². The van der Waals surface area contributed by atoms with Crippen molar-refractivity contribution in [2.24, 2.45) is 11.8 Å². The Labute approximate surface area is 179 Å². The van der Waals surface area contributed by atoms with Crippen LogP contribution in [0.1, 0.15) is 33.6 Å². The minimum Gasteiger partial charge on any atom is -0.497 e. The van der Waals surface area contributed by atoms with Gasteiger partial charge in [0.25, 0.3) is 0 Å². The first kappa shape index (κ1) is 20.5. The molecular weight excluding hydrogens is 398 g/mol. The van der Waals surface area contributed by atoms with Crippen LogP contribution >= 0.6 is 0 Å². The van der Waals surface area contributed by atoms with Crippen LogP contribution in [0.25, 0.3) is 0 Å². The average Bonchev–Trinajstić information content (AvgIpc) is 3.07. The first-order valence-corrected chi connectivity index (χ1v) is 9.97. The highest BCUT2D eigenvalue weighted by Gasteiger charge is 2.47. The van der Waals surface area contributed by atoms with Crippen LogP contribution in [0.3, 0.4) is 0 Å². The van der Waals surface area contributed by atoms with Gasteiger partial charge in [0, 0.05) is 5.56 Å². The second-order valence-corrected chi connectivity index (χ2v) is 7.45. The minimum absolute atomic E-state index is 0.157. The third-order valence-electron chi connectivity index (χ3n) is 5.57. The Morgan fingerprint density at radius 1 is 0.935 bits per heavy atom. The molecule has 1 aliphatic heterocycles. The van der Waals surface area contributed by atoms with Crippen molar-refractivity contribution in [3.05, 3.63) is 71.8 Å². The molecule has 0 unspecified atom stereocenters. The molecule has 0 saturated carbocycles. The van der Waals surface area contributed by atoms with E-state index in [0.717, 1.165) is 4.90 Å². The third kappa shape index (κ3) is 3.99. The summed E-state index contributed by atoms with van der Waals surface area (Å²) in [6, 6.07) is 12.7. The lowest BCUT2D eigenvalue weighted by Gasteiger charge is -2.15. The van der Waals surface area contributed by atoms with Crippen LogP contribution in [0.15, 0.2) is 60.7 Å². The zero-order chi connectivity index (χ0) is 22.0. The smallest absolute Gasteiger partial charge is 0.338 e. The Morgan fingerprint density at radius 3 is 2.26 bits per heavy atom. The van der Waals surface area contributed by atoms with Gasteiger partial charge in [-0.05, 0) is 43.2 Å². The number of ether oxygens (including phenoxy) is 2. The standard InChI is InChI=1S/C24H21NO6/c1-30-18-9-5-6-15(13-18)21(26)14-31-24(29)16-7-4-8-17(12-16)25-22(27)19-10-2-3-11-20(19)23(25)28/h2-9,12-13,19-20H,10-11,14H2,1H3/t19-,20-/m0/s1. The van der Waals surface area contributed by atoms with Crippen LogP contribution in [0.4, 0.5) is 5.69 Å². The van der Waals surface area contributed by atoms with Gasteiger partial charge < -0.3 is 9.47 Å². The van der Waals surface area contributed by atoms with Crippen molar-refractivity contribution < 1.29 is 28.7 Å². The van der Waals surface area contributed by atoms with E-state index in [2.05, 4.69) is 0 Å². The minimum atomic E-state index is -0.712. The van der Waals surface area contributed by atoms with Crippen molar-refractivity contribution in [3.63, 3.8) is 0 Å². The number of ketones is 1. The van der Waals surface area contributed by atoms with E-state index in [-0.39, 0.29) is 35.0 Å². The number of esters is 1. The first-order valence-electron chi connectivity index (χ1n) is 9.97. The maximum absolute atomic E-state index is 12.8. The number of hydrogen-bond acceptors (Lipinski definition) is 6. The summed E-state index contributed by atoms with van der Waals surface area (Å²) in [5.74, 6) is -1.76. The molecule has 0 spiro atoms. The van der Waals surface area contributed by atoms with Crippen LogP contribution in [-0.2, 0) is 14.3 Å². The lowest BCUT2D eigenvalue weighted by atomic mass is 9.85. The monoisotopic (exact) mass is 419 g/mol. The molecule has 1 heterocycles. The molecule has 0 N–H and O–H groups in total. The molecule has 158 valence electrons. The molecule has 4 rings (SSSR count). The lowest BCUT2D eigenvalue weighted by Crippen LogP contribution is -2.31. The third-order valence-corrected chi connectivity index (χ3v) is 5.57. The zero-order valence-corrected chi connectivity index (χ0v) is 16.9. The number of Topliss-reactive ketones (excluding diaryl/α,β-unsaturated/α-hetero) is 1.